The molecule has 0 saturated carbocycles. The summed E-state index contributed by atoms with van der Waals surface area (Å²) >= 11 is 0. The monoisotopic (exact) mass is 383 g/mol. The van der Waals surface area contributed by atoms with Crippen LogP contribution in [0.15, 0.2) is 77.8 Å². The van der Waals surface area contributed by atoms with Gasteiger partial charge in [0, 0.05) is 23.9 Å². The first-order valence-electron chi connectivity index (χ1n) is 8.01. The van der Waals surface area contributed by atoms with Crippen LogP contribution in [0, 0.1) is 0 Å². The number of aromatic nitrogens is 1. The molecule has 7 nitrogen and oxygen atoms in total. The van der Waals surface area contributed by atoms with E-state index in [1.54, 1.807) is 18.3 Å². The Labute approximate surface area is 156 Å². The quantitative estimate of drug-likeness (QED) is 0.679. The first-order valence-corrected chi connectivity index (χ1v) is 9.56. The van der Waals surface area contributed by atoms with Crippen LogP contribution in [0.4, 0.5) is 0 Å². The number of amides is 1. The van der Waals surface area contributed by atoms with Gasteiger partial charge in [-0.15, -0.1) is 0 Å². The number of para-hydroxylation sites is 1. The molecule has 1 heterocycles. The Morgan fingerprint density at radius 1 is 1.00 bits per heavy atom. The summed E-state index contributed by atoms with van der Waals surface area (Å²) in [5, 5.41) is 7.81. The van der Waals surface area contributed by atoms with Gasteiger partial charge in [-0.05, 0) is 42.5 Å². The molecule has 0 atom stereocenters. The van der Waals surface area contributed by atoms with Crippen molar-refractivity contribution < 1.29 is 17.9 Å². The lowest BCUT2D eigenvalue weighted by Crippen LogP contribution is -2.23. The third-order valence-corrected chi connectivity index (χ3v) is 4.62. The van der Waals surface area contributed by atoms with Crippen molar-refractivity contribution in [3.8, 4) is 11.6 Å². The second kappa shape index (κ2) is 7.98. The van der Waals surface area contributed by atoms with Gasteiger partial charge in [-0.25, -0.2) is 18.5 Å². The van der Waals surface area contributed by atoms with Gasteiger partial charge < -0.3 is 10.1 Å². The number of benzene rings is 2. The number of primary sulfonamides is 1. The molecule has 27 heavy (non-hydrogen) atoms. The SMILES string of the molecule is NS(=O)(=O)c1ccc(C(=O)NCc2cccnc2Oc2ccccc2)cc1. The minimum absolute atomic E-state index is 0.0511. The Balaban J connectivity index is 1.69. The van der Waals surface area contributed by atoms with Crippen molar-refractivity contribution in [3.05, 3.63) is 84.1 Å². The molecule has 3 aromatic rings. The van der Waals surface area contributed by atoms with Gasteiger partial charge in [0.25, 0.3) is 5.91 Å². The molecule has 0 saturated heterocycles. The van der Waals surface area contributed by atoms with E-state index >= 15 is 0 Å². The molecule has 3 rings (SSSR count). The van der Waals surface area contributed by atoms with Crippen LogP contribution in [0.3, 0.4) is 0 Å². The maximum atomic E-state index is 12.3. The molecule has 1 aromatic heterocycles. The van der Waals surface area contributed by atoms with Crippen molar-refractivity contribution in [1.29, 1.82) is 0 Å². The van der Waals surface area contributed by atoms with E-state index in [-0.39, 0.29) is 17.3 Å². The van der Waals surface area contributed by atoms with Crippen LogP contribution < -0.4 is 15.2 Å². The standard InChI is InChI=1S/C19H17N3O4S/c20-27(24,25)17-10-8-14(9-11-17)18(23)22-13-15-5-4-12-21-19(15)26-16-6-2-1-3-7-16/h1-12H,13H2,(H,22,23)(H2,20,24,25). The van der Waals surface area contributed by atoms with Crippen molar-refractivity contribution in [2.24, 2.45) is 5.14 Å². The van der Waals surface area contributed by atoms with E-state index in [1.807, 2.05) is 30.3 Å². The zero-order chi connectivity index (χ0) is 19.3. The van der Waals surface area contributed by atoms with Gasteiger partial charge in [0.1, 0.15) is 5.75 Å². The lowest BCUT2D eigenvalue weighted by atomic mass is 10.2. The molecule has 0 radical (unpaired) electrons. The zero-order valence-corrected chi connectivity index (χ0v) is 15.0. The summed E-state index contributed by atoms with van der Waals surface area (Å²) in [5.41, 5.74) is 1.02. The number of carbonyl (C=O) groups is 1. The highest BCUT2D eigenvalue weighted by molar-refractivity contribution is 7.89. The maximum absolute atomic E-state index is 12.3. The maximum Gasteiger partial charge on any atom is 0.251 e. The lowest BCUT2D eigenvalue weighted by molar-refractivity contribution is 0.0950. The van der Waals surface area contributed by atoms with Crippen LogP contribution in [0.5, 0.6) is 11.6 Å². The van der Waals surface area contributed by atoms with E-state index in [2.05, 4.69) is 10.3 Å². The highest BCUT2D eigenvalue weighted by atomic mass is 32.2. The minimum Gasteiger partial charge on any atom is -0.439 e. The number of ether oxygens (including phenoxy) is 1. The number of nitrogens with zero attached hydrogens (tertiary/aromatic N) is 1. The average molecular weight is 383 g/mol. The van der Waals surface area contributed by atoms with Gasteiger partial charge in [-0.2, -0.15) is 0 Å². The summed E-state index contributed by atoms with van der Waals surface area (Å²) < 4.78 is 28.3. The number of hydrogen-bond acceptors (Lipinski definition) is 5. The Kier molecular flexibility index (Phi) is 5.49. The van der Waals surface area contributed by atoms with E-state index in [0.29, 0.717) is 22.8 Å². The van der Waals surface area contributed by atoms with Gasteiger partial charge in [0.05, 0.1) is 4.90 Å². The first-order chi connectivity index (χ1) is 12.9. The van der Waals surface area contributed by atoms with E-state index in [0.717, 1.165) is 0 Å². The van der Waals surface area contributed by atoms with Crippen LogP contribution in [0.25, 0.3) is 0 Å². The molecule has 0 bridgehead atoms. The molecule has 1 amide bonds. The van der Waals surface area contributed by atoms with Crippen LogP contribution in [0.1, 0.15) is 15.9 Å². The van der Waals surface area contributed by atoms with Gasteiger partial charge >= 0.3 is 0 Å². The number of hydrogen-bond donors (Lipinski definition) is 2. The Morgan fingerprint density at radius 3 is 2.37 bits per heavy atom. The molecule has 138 valence electrons. The Morgan fingerprint density at radius 2 is 1.70 bits per heavy atom. The second-order valence-corrected chi connectivity index (χ2v) is 7.20. The Bertz CT molecular complexity index is 1040. The molecule has 0 aliphatic rings. The largest absolute Gasteiger partial charge is 0.439 e. The first kappa shape index (κ1) is 18.6. The van der Waals surface area contributed by atoms with E-state index < -0.39 is 10.0 Å². The van der Waals surface area contributed by atoms with Crippen LogP contribution in [-0.2, 0) is 16.6 Å². The Hall–Kier alpha value is -3.23. The summed E-state index contributed by atoms with van der Waals surface area (Å²) in [6.45, 7) is 0.200. The highest BCUT2D eigenvalue weighted by Crippen LogP contribution is 2.22. The van der Waals surface area contributed by atoms with Crippen molar-refractivity contribution in [1.82, 2.24) is 10.3 Å². The van der Waals surface area contributed by atoms with Gasteiger partial charge in [0.15, 0.2) is 0 Å². The molecule has 0 spiro atoms. The summed E-state index contributed by atoms with van der Waals surface area (Å²) in [6.07, 6.45) is 1.61. The summed E-state index contributed by atoms with van der Waals surface area (Å²) in [7, 11) is -3.79. The van der Waals surface area contributed by atoms with Gasteiger partial charge in [-0.1, -0.05) is 24.3 Å². The van der Waals surface area contributed by atoms with E-state index in [1.165, 1.54) is 24.3 Å². The molecule has 0 unspecified atom stereocenters. The number of nitrogens with one attached hydrogen (secondary N) is 1. The van der Waals surface area contributed by atoms with Gasteiger partial charge in [-0.3, -0.25) is 4.79 Å². The molecule has 2 aromatic carbocycles. The topological polar surface area (TPSA) is 111 Å². The zero-order valence-electron chi connectivity index (χ0n) is 14.2. The fraction of sp³-hybridized carbons (Fsp3) is 0.0526. The molecule has 0 aliphatic heterocycles. The van der Waals surface area contributed by atoms with Crippen molar-refractivity contribution in [2.45, 2.75) is 11.4 Å². The predicted molar refractivity (Wildman–Crippen MR) is 99.7 cm³/mol. The predicted octanol–water partition coefficient (Wildman–Crippen LogP) is 2.45. The summed E-state index contributed by atoms with van der Waals surface area (Å²) in [4.78, 5) is 16.5. The van der Waals surface area contributed by atoms with Gasteiger partial charge in [0.2, 0.25) is 15.9 Å². The summed E-state index contributed by atoms with van der Waals surface area (Å²) in [5.74, 6) is 0.682. The molecule has 8 heteroatoms. The number of pyridine rings is 1. The molecular formula is C19H17N3O4S. The van der Waals surface area contributed by atoms with E-state index in [9.17, 15) is 13.2 Å². The highest BCUT2D eigenvalue weighted by Gasteiger charge is 2.12. The minimum atomic E-state index is -3.79. The molecule has 0 aliphatic carbocycles. The number of carbonyl (C=O) groups excluding carboxylic acids is 1. The van der Waals surface area contributed by atoms with E-state index in [4.69, 9.17) is 9.88 Å². The number of sulfonamides is 1. The second-order valence-electron chi connectivity index (χ2n) is 5.63. The lowest BCUT2D eigenvalue weighted by Gasteiger charge is -2.11. The molecular weight excluding hydrogens is 366 g/mol. The molecule has 0 fully saturated rings. The fourth-order valence-electron chi connectivity index (χ4n) is 2.32. The molecule has 3 N–H and O–H groups in total. The van der Waals surface area contributed by atoms with Crippen molar-refractivity contribution >= 4 is 15.9 Å². The summed E-state index contributed by atoms with van der Waals surface area (Å²) in [6, 6.07) is 18.1. The van der Waals surface area contributed by atoms with Crippen molar-refractivity contribution in [2.75, 3.05) is 0 Å². The average Bonchev–Trinajstić information content (AvgIpc) is 2.67. The van der Waals surface area contributed by atoms with Crippen molar-refractivity contribution in [3.63, 3.8) is 0 Å². The van der Waals surface area contributed by atoms with Crippen LogP contribution >= 0.6 is 0 Å². The third kappa shape index (κ3) is 4.90. The van der Waals surface area contributed by atoms with Crippen LogP contribution in [-0.4, -0.2) is 19.3 Å². The van der Waals surface area contributed by atoms with Crippen LogP contribution in [0.2, 0.25) is 0 Å². The smallest absolute Gasteiger partial charge is 0.251 e. The normalized spacial score (nSPS) is 11.0. The number of nitrogens with two attached hydrogens (primary N) is 1. The third-order valence-electron chi connectivity index (χ3n) is 3.69. The fourth-order valence-corrected chi connectivity index (χ4v) is 2.84. The number of rotatable bonds is 6.